The van der Waals surface area contributed by atoms with Gasteiger partial charge in [-0.1, -0.05) is 48.5 Å². The third-order valence-corrected chi connectivity index (χ3v) is 4.89. The van der Waals surface area contributed by atoms with Crippen molar-refractivity contribution in [3.63, 3.8) is 0 Å². The molecule has 3 heteroatoms. The fourth-order valence-corrected chi connectivity index (χ4v) is 3.87. The number of nitrogens with zero attached hydrogens (tertiary/aromatic N) is 1. The third kappa shape index (κ3) is 2.22. The molecule has 2 heterocycles. The lowest BCUT2D eigenvalue weighted by Crippen LogP contribution is -2.44. The molecule has 0 aliphatic carbocycles. The second kappa shape index (κ2) is 5.25. The van der Waals surface area contributed by atoms with E-state index >= 15 is 0 Å². The largest absolute Gasteiger partial charge is 0.347 e. The highest BCUT2D eigenvalue weighted by Crippen LogP contribution is 2.35. The van der Waals surface area contributed by atoms with Crippen LogP contribution >= 0.6 is 0 Å². The van der Waals surface area contributed by atoms with Gasteiger partial charge in [0.15, 0.2) is 0 Å². The van der Waals surface area contributed by atoms with Gasteiger partial charge in [-0.3, -0.25) is 9.69 Å². The Bertz CT molecular complexity index is 711. The van der Waals surface area contributed by atoms with Crippen molar-refractivity contribution in [3.8, 4) is 0 Å². The Morgan fingerprint density at radius 1 is 1.09 bits per heavy atom. The van der Waals surface area contributed by atoms with Gasteiger partial charge in [-0.2, -0.15) is 0 Å². The zero-order valence-corrected chi connectivity index (χ0v) is 12.8. The molecule has 1 amide bonds. The maximum Gasteiger partial charge on any atom is 0.252 e. The first-order valence-corrected chi connectivity index (χ1v) is 7.89. The summed E-state index contributed by atoms with van der Waals surface area (Å²) in [4.78, 5) is 14.8. The second-order valence-corrected chi connectivity index (χ2v) is 6.41. The molecule has 0 radical (unpaired) electrons. The summed E-state index contributed by atoms with van der Waals surface area (Å²) in [5, 5.41) is 3.21. The van der Waals surface area contributed by atoms with E-state index in [1.807, 2.05) is 19.1 Å². The van der Waals surface area contributed by atoms with Crippen molar-refractivity contribution in [2.45, 2.75) is 25.4 Å². The van der Waals surface area contributed by atoms with Crippen molar-refractivity contribution in [2.75, 3.05) is 13.1 Å². The van der Waals surface area contributed by atoms with Crippen LogP contribution in [0.5, 0.6) is 0 Å². The smallest absolute Gasteiger partial charge is 0.252 e. The van der Waals surface area contributed by atoms with Crippen LogP contribution in [0.4, 0.5) is 0 Å². The number of hydrogen-bond donors (Lipinski definition) is 1. The van der Waals surface area contributed by atoms with Gasteiger partial charge < -0.3 is 5.32 Å². The number of carbonyl (C=O) groups excluding carboxylic acids is 1. The van der Waals surface area contributed by atoms with E-state index < -0.39 is 0 Å². The first-order valence-electron chi connectivity index (χ1n) is 7.89. The highest BCUT2D eigenvalue weighted by atomic mass is 16.1. The summed E-state index contributed by atoms with van der Waals surface area (Å²) in [6.45, 7) is 4.91. The molecule has 0 spiro atoms. The monoisotopic (exact) mass is 292 g/mol. The molecule has 1 fully saturated rings. The number of rotatable bonds is 2. The van der Waals surface area contributed by atoms with Gasteiger partial charge in [-0.05, 0) is 23.6 Å². The molecule has 1 N–H and O–H groups in total. The molecular formula is C19H20N2O. The molecule has 0 unspecified atom stereocenters. The Kier molecular flexibility index (Phi) is 3.23. The Hall–Kier alpha value is -2.13. The highest BCUT2D eigenvalue weighted by molar-refractivity contribution is 5.99. The van der Waals surface area contributed by atoms with E-state index in [0.29, 0.717) is 5.92 Å². The number of benzene rings is 2. The van der Waals surface area contributed by atoms with Crippen molar-refractivity contribution in [2.24, 2.45) is 0 Å². The van der Waals surface area contributed by atoms with E-state index in [-0.39, 0.29) is 11.9 Å². The normalized spacial score (nSPS) is 23.8. The second-order valence-electron chi connectivity index (χ2n) is 6.41. The van der Waals surface area contributed by atoms with E-state index in [1.165, 1.54) is 11.1 Å². The summed E-state index contributed by atoms with van der Waals surface area (Å²) in [7, 11) is 0. The minimum Gasteiger partial charge on any atom is -0.347 e. The van der Waals surface area contributed by atoms with Crippen LogP contribution in [-0.2, 0) is 6.54 Å². The predicted molar refractivity (Wildman–Crippen MR) is 86.9 cm³/mol. The van der Waals surface area contributed by atoms with E-state index in [2.05, 4.69) is 46.6 Å². The molecule has 0 saturated carbocycles. The van der Waals surface area contributed by atoms with Crippen LogP contribution in [0.1, 0.15) is 33.0 Å². The molecule has 2 aliphatic heterocycles. The van der Waals surface area contributed by atoms with Crippen LogP contribution in [0.25, 0.3) is 0 Å². The van der Waals surface area contributed by atoms with Crippen LogP contribution in [0.2, 0.25) is 0 Å². The molecule has 22 heavy (non-hydrogen) atoms. The summed E-state index contributed by atoms with van der Waals surface area (Å²) in [5.74, 6) is 0.507. The maximum absolute atomic E-state index is 12.4. The van der Waals surface area contributed by atoms with Crippen LogP contribution < -0.4 is 5.32 Å². The molecular weight excluding hydrogens is 272 g/mol. The zero-order valence-electron chi connectivity index (χ0n) is 12.8. The number of hydrogen-bond acceptors (Lipinski definition) is 2. The molecule has 0 aromatic heterocycles. The maximum atomic E-state index is 12.4. The van der Waals surface area contributed by atoms with Crippen LogP contribution in [0.3, 0.4) is 0 Å². The molecule has 112 valence electrons. The summed E-state index contributed by atoms with van der Waals surface area (Å²) in [6.07, 6.45) is 0. The number of carbonyl (C=O) groups is 1. The van der Waals surface area contributed by atoms with Crippen molar-refractivity contribution < 1.29 is 4.79 Å². The summed E-state index contributed by atoms with van der Waals surface area (Å²) in [6, 6.07) is 17.0. The van der Waals surface area contributed by atoms with Crippen molar-refractivity contribution in [1.29, 1.82) is 0 Å². The van der Waals surface area contributed by atoms with E-state index in [0.717, 1.165) is 30.8 Å². The van der Waals surface area contributed by atoms with Gasteiger partial charge in [0.1, 0.15) is 0 Å². The summed E-state index contributed by atoms with van der Waals surface area (Å²) in [5.41, 5.74) is 4.53. The SMILES string of the molecule is Cc1cccc2c1C(=O)N[C@H]1CN(Cc3ccccc3)C[C@H]21. The predicted octanol–water partition coefficient (Wildman–Crippen LogP) is 2.71. The van der Waals surface area contributed by atoms with Crippen LogP contribution in [0.15, 0.2) is 48.5 Å². The molecule has 2 aliphatic rings. The van der Waals surface area contributed by atoms with Gasteiger partial charge in [0, 0.05) is 37.2 Å². The molecule has 0 bridgehead atoms. The Morgan fingerprint density at radius 3 is 2.73 bits per heavy atom. The Labute approximate surface area is 131 Å². The molecule has 4 rings (SSSR count). The molecule has 3 nitrogen and oxygen atoms in total. The van der Waals surface area contributed by atoms with Crippen LogP contribution in [0, 0.1) is 6.92 Å². The average molecular weight is 292 g/mol. The van der Waals surface area contributed by atoms with E-state index in [9.17, 15) is 4.79 Å². The van der Waals surface area contributed by atoms with Gasteiger partial charge in [0.05, 0.1) is 0 Å². The van der Waals surface area contributed by atoms with Gasteiger partial charge in [0.2, 0.25) is 0 Å². The number of amides is 1. The quantitative estimate of drug-likeness (QED) is 0.923. The molecule has 2 aromatic rings. The molecule has 2 aromatic carbocycles. The molecule has 1 saturated heterocycles. The van der Waals surface area contributed by atoms with Crippen molar-refractivity contribution in [3.05, 3.63) is 70.8 Å². The lowest BCUT2D eigenvalue weighted by Gasteiger charge is -2.29. The number of likely N-dealkylation sites (tertiary alicyclic amines) is 1. The lowest BCUT2D eigenvalue weighted by molar-refractivity contribution is 0.0922. The van der Waals surface area contributed by atoms with Crippen molar-refractivity contribution >= 4 is 5.91 Å². The minimum atomic E-state index is 0.0934. The minimum absolute atomic E-state index is 0.0934. The molecule has 2 atom stereocenters. The number of aryl methyl sites for hydroxylation is 1. The average Bonchev–Trinajstić information content (AvgIpc) is 2.91. The number of fused-ring (bicyclic) bond motifs is 3. The number of nitrogens with one attached hydrogen (secondary N) is 1. The first kappa shape index (κ1) is 13.5. The Balaban J connectivity index is 1.60. The van der Waals surface area contributed by atoms with Gasteiger partial charge >= 0.3 is 0 Å². The summed E-state index contributed by atoms with van der Waals surface area (Å²) >= 11 is 0. The highest BCUT2D eigenvalue weighted by Gasteiger charge is 2.40. The third-order valence-electron chi connectivity index (χ3n) is 4.89. The van der Waals surface area contributed by atoms with Gasteiger partial charge in [-0.25, -0.2) is 0 Å². The first-order chi connectivity index (χ1) is 10.7. The fourth-order valence-electron chi connectivity index (χ4n) is 3.87. The Morgan fingerprint density at radius 2 is 1.91 bits per heavy atom. The fraction of sp³-hybridized carbons (Fsp3) is 0.316. The van der Waals surface area contributed by atoms with Gasteiger partial charge in [-0.15, -0.1) is 0 Å². The zero-order chi connectivity index (χ0) is 15.1. The van der Waals surface area contributed by atoms with Gasteiger partial charge in [0.25, 0.3) is 5.91 Å². The van der Waals surface area contributed by atoms with E-state index in [1.54, 1.807) is 0 Å². The topological polar surface area (TPSA) is 32.3 Å². The van der Waals surface area contributed by atoms with E-state index in [4.69, 9.17) is 0 Å². The lowest BCUT2D eigenvalue weighted by atomic mass is 9.84. The van der Waals surface area contributed by atoms with Crippen molar-refractivity contribution in [1.82, 2.24) is 10.2 Å². The summed E-state index contributed by atoms with van der Waals surface area (Å²) < 4.78 is 0. The standard InChI is InChI=1S/C19H20N2O/c1-13-6-5-9-15-16-11-21(10-14-7-3-2-4-8-14)12-17(16)20-19(22)18(13)15/h2-9,16-17H,10-12H2,1H3,(H,20,22)/t16-,17+/m1/s1. The van der Waals surface area contributed by atoms with Crippen LogP contribution in [-0.4, -0.2) is 29.9 Å².